The van der Waals surface area contributed by atoms with Crippen LogP contribution in [-0.4, -0.2) is 13.0 Å². The molecular formula is C12H22O4S. The largest absolute Gasteiger partial charge is 0.445 e. The molecule has 0 aromatic heterocycles. The van der Waals surface area contributed by atoms with E-state index in [0.717, 1.165) is 19.1 Å². The first-order valence-electron chi connectivity index (χ1n) is 6.03. The Bertz CT molecular complexity index is 317. The third kappa shape index (κ3) is 15.2. The summed E-state index contributed by atoms with van der Waals surface area (Å²) in [5.74, 6) is 0. The Balaban J connectivity index is 3.37. The van der Waals surface area contributed by atoms with E-state index in [-0.39, 0.29) is 0 Å². The van der Waals surface area contributed by atoms with Crippen molar-refractivity contribution < 1.29 is 17.2 Å². The predicted octanol–water partition coefficient (Wildman–Crippen LogP) is 3.63. The number of allylic oxidation sites excluding steroid dienone is 3. The van der Waals surface area contributed by atoms with Crippen LogP contribution in [0.5, 0.6) is 0 Å². The van der Waals surface area contributed by atoms with Gasteiger partial charge in [-0.3, -0.25) is 4.55 Å². The van der Waals surface area contributed by atoms with Gasteiger partial charge in [0.15, 0.2) is 0 Å². The number of hydrogen-bond acceptors (Lipinski definition) is 3. The van der Waals surface area contributed by atoms with Gasteiger partial charge < -0.3 is 4.18 Å². The van der Waals surface area contributed by atoms with Crippen LogP contribution < -0.4 is 0 Å². The molecule has 0 unspecified atom stereocenters. The number of rotatable bonds is 10. The normalized spacial score (nSPS) is 12.6. The van der Waals surface area contributed by atoms with Crippen molar-refractivity contribution in [3.8, 4) is 0 Å². The Labute approximate surface area is 104 Å². The minimum atomic E-state index is -4.36. The second-order valence-corrected chi connectivity index (χ2v) is 4.88. The standard InChI is InChI=1S/C12H22O4S/c1-2-3-4-5-6-7-8-9-10-11-12-16-17(13,14)15/h9-12H,2-8H2,1H3,(H,13,14,15). The van der Waals surface area contributed by atoms with Gasteiger partial charge in [-0.1, -0.05) is 51.2 Å². The zero-order chi connectivity index (χ0) is 13.0. The van der Waals surface area contributed by atoms with E-state index in [0.29, 0.717) is 0 Å². The average Bonchev–Trinajstić information content (AvgIpc) is 2.24. The van der Waals surface area contributed by atoms with E-state index < -0.39 is 10.4 Å². The van der Waals surface area contributed by atoms with Crippen LogP contribution in [0.25, 0.3) is 0 Å². The van der Waals surface area contributed by atoms with Crippen molar-refractivity contribution in [1.82, 2.24) is 0 Å². The molecule has 100 valence electrons. The summed E-state index contributed by atoms with van der Waals surface area (Å²) in [6.07, 6.45) is 14.5. The average molecular weight is 262 g/mol. The molecule has 0 aliphatic carbocycles. The first-order valence-corrected chi connectivity index (χ1v) is 7.40. The molecule has 0 fully saturated rings. The van der Waals surface area contributed by atoms with E-state index in [4.69, 9.17) is 4.55 Å². The highest BCUT2D eigenvalue weighted by Gasteiger charge is 1.97. The highest BCUT2D eigenvalue weighted by atomic mass is 32.3. The molecule has 1 N–H and O–H groups in total. The molecule has 17 heavy (non-hydrogen) atoms. The van der Waals surface area contributed by atoms with Crippen molar-refractivity contribution in [2.24, 2.45) is 0 Å². The van der Waals surface area contributed by atoms with Gasteiger partial charge in [-0.25, -0.2) is 0 Å². The lowest BCUT2D eigenvalue weighted by atomic mass is 10.1. The van der Waals surface area contributed by atoms with E-state index in [9.17, 15) is 8.42 Å². The lowest BCUT2D eigenvalue weighted by Crippen LogP contribution is -1.96. The van der Waals surface area contributed by atoms with Crippen molar-refractivity contribution in [2.75, 3.05) is 0 Å². The molecule has 4 nitrogen and oxygen atoms in total. The minimum absolute atomic E-state index is 0.938. The smallest absolute Gasteiger partial charge is 0.370 e. The molecule has 0 spiro atoms. The van der Waals surface area contributed by atoms with Crippen molar-refractivity contribution in [1.29, 1.82) is 0 Å². The molecule has 0 bridgehead atoms. The van der Waals surface area contributed by atoms with E-state index >= 15 is 0 Å². The fourth-order valence-corrected chi connectivity index (χ4v) is 1.57. The van der Waals surface area contributed by atoms with Gasteiger partial charge in [0.1, 0.15) is 6.26 Å². The summed E-state index contributed by atoms with van der Waals surface area (Å²) >= 11 is 0. The van der Waals surface area contributed by atoms with Crippen molar-refractivity contribution in [2.45, 2.75) is 51.9 Å². The van der Waals surface area contributed by atoms with Crippen molar-refractivity contribution >= 4 is 10.4 Å². The van der Waals surface area contributed by atoms with Gasteiger partial charge in [0.05, 0.1) is 0 Å². The second-order valence-electron chi connectivity index (χ2n) is 3.84. The van der Waals surface area contributed by atoms with Crippen LogP contribution in [0.2, 0.25) is 0 Å². The van der Waals surface area contributed by atoms with Gasteiger partial charge in [0.25, 0.3) is 0 Å². The Morgan fingerprint density at radius 1 is 1.06 bits per heavy atom. The fourth-order valence-electron chi connectivity index (χ4n) is 1.36. The highest BCUT2D eigenvalue weighted by Crippen LogP contribution is 2.07. The van der Waals surface area contributed by atoms with Gasteiger partial charge in [-0.15, -0.1) is 0 Å². The Morgan fingerprint density at radius 3 is 2.35 bits per heavy atom. The summed E-state index contributed by atoms with van der Waals surface area (Å²) in [7, 11) is -4.36. The SMILES string of the molecule is CCCCCCCCC=CC=COS(=O)(=O)O. The number of hydrogen-bond donors (Lipinski definition) is 1. The molecule has 0 atom stereocenters. The summed E-state index contributed by atoms with van der Waals surface area (Å²) in [4.78, 5) is 0. The molecule has 0 aromatic rings. The second kappa shape index (κ2) is 10.4. The molecule has 0 saturated heterocycles. The monoisotopic (exact) mass is 262 g/mol. The maximum atomic E-state index is 10.1. The quantitative estimate of drug-likeness (QED) is 0.282. The summed E-state index contributed by atoms with van der Waals surface area (Å²) in [6.45, 7) is 2.20. The molecule has 0 saturated carbocycles. The molecule has 0 aromatic carbocycles. The highest BCUT2D eigenvalue weighted by molar-refractivity contribution is 7.81. The Kier molecular flexibility index (Phi) is 9.86. The minimum Gasteiger partial charge on any atom is -0.370 e. The van der Waals surface area contributed by atoms with Gasteiger partial charge >= 0.3 is 10.4 Å². The maximum absolute atomic E-state index is 10.1. The molecular weight excluding hydrogens is 240 g/mol. The maximum Gasteiger partial charge on any atom is 0.445 e. The van der Waals surface area contributed by atoms with Crippen LogP contribution in [0.1, 0.15) is 51.9 Å². The van der Waals surface area contributed by atoms with E-state index in [2.05, 4.69) is 11.1 Å². The van der Waals surface area contributed by atoms with Crippen LogP contribution in [-0.2, 0) is 14.6 Å². The summed E-state index contributed by atoms with van der Waals surface area (Å²) < 4.78 is 32.5. The Morgan fingerprint density at radius 2 is 1.71 bits per heavy atom. The summed E-state index contributed by atoms with van der Waals surface area (Å²) in [6, 6.07) is 0. The van der Waals surface area contributed by atoms with Crippen LogP contribution in [0.4, 0.5) is 0 Å². The van der Waals surface area contributed by atoms with E-state index in [1.165, 1.54) is 38.2 Å². The van der Waals surface area contributed by atoms with E-state index in [1.807, 2.05) is 6.08 Å². The Hall–Kier alpha value is -0.810. The molecule has 0 aliphatic rings. The van der Waals surface area contributed by atoms with Gasteiger partial charge in [0.2, 0.25) is 0 Å². The first kappa shape index (κ1) is 16.2. The third-order valence-electron chi connectivity index (χ3n) is 2.23. The van der Waals surface area contributed by atoms with Crippen LogP contribution in [0.3, 0.4) is 0 Å². The first-order chi connectivity index (χ1) is 8.06. The zero-order valence-corrected chi connectivity index (χ0v) is 11.2. The summed E-state index contributed by atoms with van der Waals surface area (Å²) in [5.41, 5.74) is 0. The third-order valence-corrected chi connectivity index (χ3v) is 2.58. The molecule has 0 aliphatic heterocycles. The van der Waals surface area contributed by atoms with Gasteiger partial charge in [-0.2, -0.15) is 8.42 Å². The zero-order valence-electron chi connectivity index (χ0n) is 10.3. The molecule has 0 amide bonds. The fraction of sp³-hybridized carbons (Fsp3) is 0.667. The topological polar surface area (TPSA) is 63.6 Å². The van der Waals surface area contributed by atoms with Crippen molar-refractivity contribution in [3.63, 3.8) is 0 Å². The molecule has 0 radical (unpaired) electrons. The summed E-state index contributed by atoms with van der Waals surface area (Å²) in [5, 5.41) is 0. The molecule has 5 heteroatoms. The molecule has 0 rings (SSSR count). The van der Waals surface area contributed by atoms with Crippen LogP contribution >= 0.6 is 0 Å². The van der Waals surface area contributed by atoms with Gasteiger partial charge in [0, 0.05) is 0 Å². The lowest BCUT2D eigenvalue weighted by Gasteiger charge is -1.97. The lowest BCUT2D eigenvalue weighted by molar-refractivity contribution is 0.356. The predicted molar refractivity (Wildman–Crippen MR) is 68.9 cm³/mol. The van der Waals surface area contributed by atoms with Crippen LogP contribution in [0.15, 0.2) is 24.5 Å². The molecule has 0 heterocycles. The van der Waals surface area contributed by atoms with Crippen LogP contribution in [0, 0.1) is 0 Å². The van der Waals surface area contributed by atoms with E-state index in [1.54, 1.807) is 6.08 Å². The van der Waals surface area contributed by atoms with Gasteiger partial charge in [-0.05, 0) is 18.9 Å². The van der Waals surface area contributed by atoms with Crippen molar-refractivity contribution in [3.05, 3.63) is 24.5 Å². The number of unbranched alkanes of at least 4 members (excludes halogenated alkanes) is 6.